The van der Waals surface area contributed by atoms with Gasteiger partial charge in [0.25, 0.3) is 0 Å². The summed E-state index contributed by atoms with van der Waals surface area (Å²) < 4.78 is 12.4. The van der Waals surface area contributed by atoms with Crippen molar-refractivity contribution in [1.82, 2.24) is 9.97 Å². The lowest BCUT2D eigenvalue weighted by atomic mass is 10.2. The maximum atomic E-state index is 12.4. The average Bonchev–Trinajstić information content (AvgIpc) is 2.47. The van der Waals surface area contributed by atoms with Gasteiger partial charge in [-0.1, -0.05) is 32.9 Å². The number of nitrogens with one attached hydrogen (secondary N) is 1. The van der Waals surface area contributed by atoms with E-state index in [1.165, 1.54) is 0 Å². The van der Waals surface area contributed by atoms with Crippen LogP contribution in [-0.4, -0.2) is 19.4 Å². The number of halogens is 1. The summed E-state index contributed by atoms with van der Waals surface area (Å²) in [6.07, 6.45) is 2.49. The second kappa shape index (κ2) is 7.00. The number of aryl methyl sites for hydroxylation is 1. The van der Waals surface area contributed by atoms with Gasteiger partial charge < -0.3 is 5.32 Å². The van der Waals surface area contributed by atoms with Gasteiger partial charge in [-0.05, 0) is 30.2 Å². The SMILES string of the molecule is CCc1cnc(Cl)nc1Nc1ccccc1S(=O)C(C)C. The Kier molecular flexibility index (Phi) is 5.31. The first-order chi connectivity index (χ1) is 10.0. The Balaban J connectivity index is 2.41. The number of rotatable bonds is 5. The highest BCUT2D eigenvalue weighted by atomic mass is 35.5. The van der Waals surface area contributed by atoms with Crippen molar-refractivity contribution in [3.8, 4) is 0 Å². The molecule has 1 N–H and O–H groups in total. The van der Waals surface area contributed by atoms with Crippen LogP contribution in [0.25, 0.3) is 0 Å². The second-order valence-electron chi connectivity index (χ2n) is 4.83. The van der Waals surface area contributed by atoms with Crippen LogP contribution in [0.15, 0.2) is 35.4 Å². The van der Waals surface area contributed by atoms with Crippen LogP contribution in [0.1, 0.15) is 26.3 Å². The van der Waals surface area contributed by atoms with E-state index in [-0.39, 0.29) is 10.5 Å². The molecule has 0 saturated carbocycles. The molecule has 0 fully saturated rings. The van der Waals surface area contributed by atoms with E-state index in [4.69, 9.17) is 11.6 Å². The average molecular weight is 324 g/mol. The molecule has 1 heterocycles. The topological polar surface area (TPSA) is 54.9 Å². The fourth-order valence-corrected chi connectivity index (χ4v) is 3.07. The van der Waals surface area contributed by atoms with Crippen molar-refractivity contribution in [3.05, 3.63) is 41.3 Å². The highest BCUT2D eigenvalue weighted by Crippen LogP contribution is 2.26. The van der Waals surface area contributed by atoms with Crippen LogP contribution >= 0.6 is 11.6 Å². The molecule has 2 rings (SSSR count). The fourth-order valence-electron chi connectivity index (χ4n) is 1.88. The van der Waals surface area contributed by atoms with E-state index < -0.39 is 10.8 Å². The first-order valence-electron chi connectivity index (χ1n) is 6.81. The maximum Gasteiger partial charge on any atom is 0.224 e. The number of benzene rings is 1. The molecule has 0 spiro atoms. The number of anilines is 2. The van der Waals surface area contributed by atoms with E-state index in [0.717, 1.165) is 22.6 Å². The third-order valence-electron chi connectivity index (χ3n) is 3.00. The lowest BCUT2D eigenvalue weighted by Crippen LogP contribution is -2.09. The third kappa shape index (κ3) is 3.80. The molecule has 0 amide bonds. The monoisotopic (exact) mass is 323 g/mol. The fraction of sp³-hybridized carbons (Fsp3) is 0.333. The summed E-state index contributed by atoms with van der Waals surface area (Å²) >= 11 is 5.87. The molecule has 21 heavy (non-hydrogen) atoms. The summed E-state index contributed by atoms with van der Waals surface area (Å²) in [6, 6.07) is 7.55. The predicted octanol–water partition coefficient (Wildman–Crippen LogP) is 3.95. The Bertz CT molecular complexity index is 661. The molecule has 0 aliphatic heterocycles. The third-order valence-corrected chi connectivity index (χ3v) is 4.83. The van der Waals surface area contributed by atoms with E-state index in [1.54, 1.807) is 6.20 Å². The van der Waals surface area contributed by atoms with Gasteiger partial charge in [0.15, 0.2) is 0 Å². The summed E-state index contributed by atoms with van der Waals surface area (Å²) in [5.74, 6) is 0.658. The van der Waals surface area contributed by atoms with Gasteiger partial charge in [-0.15, -0.1) is 0 Å². The van der Waals surface area contributed by atoms with Crippen molar-refractivity contribution in [2.75, 3.05) is 5.32 Å². The molecule has 1 unspecified atom stereocenters. The minimum absolute atomic E-state index is 0.0487. The van der Waals surface area contributed by atoms with Crippen molar-refractivity contribution in [3.63, 3.8) is 0 Å². The zero-order valence-corrected chi connectivity index (χ0v) is 13.8. The second-order valence-corrected chi connectivity index (χ2v) is 7.15. The molecule has 0 saturated heterocycles. The largest absolute Gasteiger partial charge is 0.339 e. The van der Waals surface area contributed by atoms with E-state index in [2.05, 4.69) is 15.3 Å². The molecule has 1 aromatic carbocycles. The lowest BCUT2D eigenvalue weighted by Gasteiger charge is -2.14. The van der Waals surface area contributed by atoms with Crippen molar-refractivity contribution >= 4 is 33.9 Å². The van der Waals surface area contributed by atoms with Crippen LogP contribution in [0.5, 0.6) is 0 Å². The van der Waals surface area contributed by atoms with E-state index in [1.807, 2.05) is 45.0 Å². The molecule has 6 heteroatoms. The van der Waals surface area contributed by atoms with Gasteiger partial charge in [0, 0.05) is 17.0 Å². The van der Waals surface area contributed by atoms with Crippen molar-refractivity contribution in [2.24, 2.45) is 0 Å². The summed E-state index contributed by atoms with van der Waals surface area (Å²) in [4.78, 5) is 8.99. The molecule has 1 aromatic heterocycles. The van der Waals surface area contributed by atoms with Gasteiger partial charge in [0.2, 0.25) is 5.28 Å². The van der Waals surface area contributed by atoms with Gasteiger partial charge in [-0.2, -0.15) is 0 Å². The maximum absolute atomic E-state index is 12.4. The van der Waals surface area contributed by atoms with Gasteiger partial charge >= 0.3 is 0 Å². The van der Waals surface area contributed by atoms with Crippen LogP contribution in [0.4, 0.5) is 11.5 Å². The van der Waals surface area contributed by atoms with E-state index >= 15 is 0 Å². The minimum Gasteiger partial charge on any atom is -0.339 e. The Morgan fingerprint density at radius 3 is 2.71 bits per heavy atom. The van der Waals surface area contributed by atoms with Crippen LogP contribution < -0.4 is 5.32 Å². The minimum atomic E-state index is -1.07. The van der Waals surface area contributed by atoms with Gasteiger partial charge in [-0.3, -0.25) is 4.21 Å². The Labute approximate surface area is 132 Å². The smallest absolute Gasteiger partial charge is 0.224 e. The first-order valence-corrected chi connectivity index (χ1v) is 8.40. The molecular formula is C15H18ClN3OS. The molecule has 4 nitrogen and oxygen atoms in total. The molecule has 0 aliphatic rings. The van der Waals surface area contributed by atoms with E-state index in [9.17, 15) is 4.21 Å². The molecule has 0 aliphatic carbocycles. The molecule has 2 aromatic rings. The Hall–Kier alpha value is -1.46. The standard InChI is InChI=1S/C15H18ClN3OS/c1-4-11-9-17-15(16)19-14(11)18-12-7-5-6-8-13(12)21(20)10(2)3/h5-10H,4H2,1-3H3,(H,17,18,19). The first kappa shape index (κ1) is 15.9. The highest BCUT2D eigenvalue weighted by molar-refractivity contribution is 7.85. The predicted molar refractivity (Wildman–Crippen MR) is 87.7 cm³/mol. The molecule has 0 bridgehead atoms. The zero-order chi connectivity index (χ0) is 15.4. The van der Waals surface area contributed by atoms with Crippen LogP contribution in [0.3, 0.4) is 0 Å². The number of nitrogens with zero attached hydrogens (tertiary/aromatic N) is 2. The normalized spacial score (nSPS) is 12.4. The van der Waals surface area contributed by atoms with Crippen molar-refractivity contribution in [1.29, 1.82) is 0 Å². The summed E-state index contributed by atoms with van der Waals surface area (Å²) in [5.41, 5.74) is 1.75. The molecule has 1 atom stereocenters. The summed E-state index contributed by atoms with van der Waals surface area (Å²) in [5, 5.41) is 3.48. The number of aromatic nitrogens is 2. The zero-order valence-electron chi connectivity index (χ0n) is 12.3. The molecule has 0 radical (unpaired) electrons. The molecular weight excluding hydrogens is 306 g/mol. The number of hydrogen-bond acceptors (Lipinski definition) is 4. The summed E-state index contributed by atoms with van der Waals surface area (Å²) in [6.45, 7) is 5.90. The Morgan fingerprint density at radius 1 is 1.33 bits per heavy atom. The number of hydrogen-bond donors (Lipinski definition) is 1. The van der Waals surface area contributed by atoms with Gasteiger partial charge in [0.1, 0.15) is 5.82 Å². The molecule has 112 valence electrons. The van der Waals surface area contributed by atoms with E-state index in [0.29, 0.717) is 5.82 Å². The van der Waals surface area contributed by atoms with Crippen LogP contribution in [0.2, 0.25) is 5.28 Å². The van der Waals surface area contributed by atoms with Crippen molar-refractivity contribution < 1.29 is 4.21 Å². The lowest BCUT2D eigenvalue weighted by molar-refractivity contribution is 0.677. The van der Waals surface area contributed by atoms with Crippen molar-refractivity contribution in [2.45, 2.75) is 37.3 Å². The number of para-hydroxylation sites is 1. The quantitative estimate of drug-likeness (QED) is 0.846. The van der Waals surface area contributed by atoms with Crippen LogP contribution in [0, 0.1) is 0 Å². The van der Waals surface area contributed by atoms with Gasteiger partial charge in [-0.25, -0.2) is 9.97 Å². The van der Waals surface area contributed by atoms with Crippen LogP contribution in [-0.2, 0) is 17.2 Å². The summed E-state index contributed by atoms with van der Waals surface area (Å²) in [7, 11) is -1.07. The highest BCUT2D eigenvalue weighted by Gasteiger charge is 2.14. The van der Waals surface area contributed by atoms with Gasteiger partial charge in [0.05, 0.1) is 21.4 Å². The Morgan fingerprint density at radius 2 is 2.05 bits per heavy atom.